The average molecular weight is 266 g/mol. The highest BCUT2D eigenvalue weighted by molar-refractivity contribution is 6.31. The van der Waals surface area contributed by atoms with Crippen LogP contribution in [0, 0.1) is 5.82 Å². The minimum Gasteiger partial charge on any atom is -0.342 e. The molecule has 5 heteroatoms. The van der Waals surface area contributed by atoms with Crippen LogP contribution in [0.5, 0.6) is 0 Å². The lowest BCUT2D eigenvalue weighted by atomic mass is 9.80. The summed E-state index contributed by atoms with van der Waals surface area (Å²) in [5.41, 5.74) is 7.45. The molecule has 0 unspecified atom stereocenters. The van der Waals surface area contributed by atoms with Crippen molar-refractivity contribution in [2.24, 2.45) is 5.73 Å². The standard InChI is InChI=1S/C13H13ClFN3/c14-10-5-7(1-2-11(10)15)12-6-17-13(18-12)8-3-9(16)4-8/h1-2,5-6,8-9H,3-4,16H2,(H,17,18). The second-order valence-electron chi connectivity index (χ2n) is 4.74. The molecule has 1 aliphatic rings. The molecule has 1 aromatic heterocycles. The molecule has 3 nitrogen and oxygen atoms in total. The number of halogens is 2. The Labute approximate surface area is 109 Å². The molecule has 2 aromatic rings. The number of aromatic amines is 1. The van der Waals surface area contributed by atoms with E-state index in [0.29, 0.717) is 12.0 Å². The maximum Gasteiger partial charge on any atom is 0.141 e. The first kappa shape index (κ1) is 11.7. The summed E-state index contributed by atoms with van der Waals surface area (Å²) in [4.78, 5) is 7.60. The normalized spacial score (nSPS) is 22.8. The fraction of sp³-hybridized carbons (Fsp3) is 0.308. The predicted molar refractivity (Wildman–Crippen MR) is 68.9 cm³/mol. The van der Waals surface area contributed by atoms with E-state index in [-0.39, 0.29) is 5.02 Å². The highest BCUT2D eigenvalue weighted by Crippen LogP contribution is 2.35. The number of benzene rings is 1. The molecule has 94 valence electrons. The van der Waals surface area contributed by atoms with Gasteiger partial charge in [0.1, 0.15) is 11.6 Å². The molecule has 1 heterocycles. The van der Waals surface area contributed by atoms with Gasteiger partial charge >= 0.3 is 0 Å². The highest BCUT2D eigenvalue weighted by atomic mass is 35.5. The zero-order chi connectivity index (χ0) is 12.7. The van der Waals surface area contributed by atoms with Gasteiger partial charge < -0.3 is 10.7 Å². The molecule has 3 N–H and O–H groups in total. The number of hydrogen-bond donors (Lipinski definition) is 2. The van der Waals surface area contributed by atoms with Crippen molar-refractivity contribution in [3.63, 3.8) is 0 Å². The molecular formula is C13H13ClFN3. The molecule has 1 saturated carbocycles. The van der Waals surface area contributed by atoms with Gasteiger partial charge in [-0.2, -0.15) is 0 Å². The van der Waals surface area contributed by atoms with Gasteiger partial charge in [-0.15, -0.1) is 0 Å². The largest absolute Gasteiger partial charge is 0.342 e. The van der Waals surface area contributed by atoms with Crippen LogP contribution >= 0.6 is 11.6 Å². The van der Waals surface area contributed by atoms with Crippen molar-refractivity contribution in [3.05, 3.63) is 41.1 Å². The van der Waals surface area contributed by atoms with Gasteiger partial charge in [-0.1, -0.05) is 11.6 Å². The van der Waals surface area contributed by atoms with Gasteiger partial charge in [-0.25, -0.2) is 9.37 Å². The second-order valence-corrected chi connectivity index (χ2v) is 5.15. The Morgan fingerprint density at radius 3 is 2.83 bits per heavy atom. The van der Waals surface area contributed by atoms with Crippen LogP contribution in [0.3, 0.4) is 0 Å². The summed E-state index contributed by atoms with van der Waals surface area (Å²) in [7, 11) is 0. The van der Waals surface area contributed by atoms with Crippen molar-refractivity contribution in [3.8, 4) is 11.3 Å². The van der Waals surface area contributed by atoms with Crippen molar-refractivity contribution in [1.29, 1.82) is 0 Å². The van der Waals surface area contributed by atoms with Crippen LogP contribution in [-0.2, 0) is 0 Å². The van der Waals surface area contributed by atoms with Crippen molar-refractivity contribution < 1.29 is 4.39 Å². The lowest BCUT2D eigenvalue weighted by molar-refractivity contribution is 0.340. The maximum absolute atomic E-state index is 13.1. The topological polar surface area (TPSA) is 54.7 Å². The number of H-pyrrole nitrogens is 1. The van der Waals surface area contributed by atoms with Crippen LogP contribution < -0.4 is 5.73 Å². The number of nitrogens with one attached hydrogen (secondary N) is 1. The first-order valence-corrected chi connectivity index (χ1v) is 6.27. The Bertz CT molecular complexity index is 575. The Balaban J connectivity index is 1.86. The van der Waals surface area contributed by atoms with Gasteiger partial charge in [-0.3, -0.25) is 0 Å². The van der Waals surface area contributed by atoms with Crippen LogP contribution in [0.15, 0.2) is 24.4 Å². The van der Waals surface area contributed by atoms with Crippen molar-refractivity contribution in [2.45, 2.75) is 24.8 Å². The number of imidazole rings is 1. The third kappa shape index (κ3) is 2.02. The van der Waals surface area contributed by atoms with Crippen LogP contribution in [0.2, 0.25) is 5.02 Å². The predicted octanol–water partition coefficient (Wildman–Crippen LogP) is 3.07. The number of nitrogens with two attached hydrogens (primary N) is 1. The Morgan fingerprint density at radius 1 is 1.39 bits per heavy atom. The van der Waals surface area contributed by atoms with E-state index < -0.39 is 5.82 Å². The first-order valence-electron chi connectivity index (χ1n) is 5.89. The molecule has 0 bridgehead atoms. The lowest BCUT2D eigenvalue weighted by Crippen LogP contribution is -2.35. The smallest absolute Gasteiger partial charge is 0.141 e. The SMILES string of the molecule is NC1CC(c2ncc(-c3ccc(F)c(Cl)c3)[nH]2)C1. The quantitative estimate of drug-likeness (QED) is 0.877. The minimum absolute atomic E-state index is 0.120. The van der Waals surface area contributed by atoms with Crippen molar-refractivity contribution in [1.82, 2.24) is 9.97 Å². The van der Waals surface area contributed by atoms with Gasteiger partial charge in [0.15, 0.2) is 0 Å². The molecule has 1 fully saturated rings. The van der Waals surface area contributed by atoms with Gasteiger partial charge in [0.05, 0.1) is 16.9 Å². The summed E-state index contributed by atoms with van der Waals surface area (Å²) >= 11 is 5.76. The van der Waals surface area contributed by atoms with Gasteiger partial charge in [0.2, 0.25) is 0 Å². The molecule has 0 amide bonds. The third-order valence-corrected chi connectivity index (χ3v) is 3.68. The Morgan fingerprint density at radius 2 is 2.17 bits per heavy atom. The van der Waals surface area contributed by atoms with E-state index in [9.17, 15) is 4.39 Å². The molecule has 0 atom stereocenters. The van der Waals surface area contributed by atoms with Gasteiger partial charge in [-0.05, 0) is 31.0 Å². The molecule has 1 aromatic carbocycles. The monoisotopic (exact) mass is 265 g/mol. The number of nitrogens with zero attached hydrogens (tertiary/aromatic N) is 1. The highest BCUT2D eigenvalue weighted by Gasteiger charge is 2.29. The molecule has 1 aliphatic carbocycles. The van der Waals surface area contributed by atoms with Crippen LogP contribution in [0.1, 0.15) is 24.6 Å². The average Bonchev–Trinajstić information content (AvgIpc) is 2.78. The molecule has 0 aliphatic heterocycles. The first-order chi connectivity index (χ1) is 8.63. The molecule has 3 rings (SSSR count). The van der Waals surface area contributed by atoms with E-state index in [2.05, 4.69) is 9.97 Å². The van der Waals surface area contributed by atoms with E-state index in [0.717, 1.165) is 29.9 Å². The van der Waals surface area contributed by atoms with Crippen molar-refractivity contribution in [2.75, 3.05) is 0 Å². The zero-order valence-corrected chi connectivity index (χ0v) is 10.4. The summed E-state index contributed by atoms with van der Waals surface area (Å²) in [5.74, 6) is 0.960. The third-order valence-electron chi connectivity index (χ3n) is 3.39. The fourth-order valence-electron chi connectivity index (χ4n) is 2.24. The minimum atomic E-state index is -0.412. The molecule has 18 heavy (non-hydrogen) atoms. The van der Waals surface area contributed by atoms with E-state index in [1.807, 2.05) is 0 Å². The zero-order valence-electron chi connectivity index (χ0n) is 9.66. The summed E-state index contributed by atoms with van der Waals surface area (Å²) in [6.07, 6.45) is 3.69. The molecular weight excluding hydrogens is 253 g/mol. The summed E-state index contributed by atoms with van der Waals surface area (Å²) in [6, 6.07) is 4.94. The Kier molecular flexibility index (Phi) is 2.84. The molecule has 0 radical (unpaired) electrons. The van der Waals surface area contributed by atoms with E-state index in [4.69, 9.17) is 17.3 Å². The number of rotatable bonds is 2. The van der Waals surface area contributed by atoms with E-state index in [1.54, 1.807) is 18.3 Å². The second kappa shape index (κ2) is 4.37. The Hall–Kier alpha value is -1.39. The summed E-state index contributed by atoms with van der Waals surface area (Å²) < 4.78 is 13.1. The van der Waals surface area contributed by atoms with Crippen molar-refractivity contribution >= 4 is 11.6 Å². The summed E-state index contributed by atoms with van der Waals surface area (Å²) in [5, 5.41) is 0.120. The van der Waals surface area contributed by atoms with E-state index in [1.165, 1.54) is 6.07 Å². The van der Waals surface area contributed by atoms with Crippen LogP contribution in [0.4, 0.5) is 4.39 Å². The van der Waals surface area contributed by atoms with Crippen LogP contribution in [0.25, 0.3) is 11.3 Å². The lowest BCUT2D eigenvalue weighted by Gasteiger charge is -2.30. The van der Waals surface area contributed by atoms with Crippen LogP contribution in [-0.4, -0.2) is 16.0 Å². The summed E-state index contributed by atoms with van der Waals surface area (Å²) in [6.45, 7) is 0. The number of hydrogen-bond acceptors (Lipinski definition) is 2. The van der Waals surface area contributed by atoms with Gasteiger partial charge in [0, 0.05) is 17.5 Å². The molecule has 0 saturated heterocycles. The molecule has 0 spiro atoms. The maximum atomic E-state index is 13.1. The number of aromatic nitrogens is 2. The fourth-order valence-corrected chi connectivity index (χ4v) is 2.42. The van der Waals surface area contributed by atoms with E-state index >= 15 is 0 Å². The van der Waals surface area contributed by atoms with Gasteiger partial charge in [0.25, 0.3) is 0 Å².